The highest BCUT2D eigenvalue weighted by molar-refractivity contribution is 6.10. The van der Waals surface area contributed by atoms with Crippen molar-refractivity contribution in [3.05, 3.63) is 176 Å². The summed E-state index contributed by atoms with van der Waals surface area (Å²) in [5, 5.41) is 5.99. The number of hydrogen-bond donors (Lipinski definition) is 1. The van der Waals surface area contributed by atoms with Gasteiger partial charge in [-0.2, -0.15) is 0 Å². The van der Waals surface area contributed by atoms with Crippen molar-refractivity contribution in [1.82, 2.24) is 4.57 Å². The van der Waals surface area contributed by atoms with Crippen LogP contribution in [0.1, 0.15) is 0 Å². The maximum Gasteiger partial charge on any atom is 0.0541 e. The summed E-state index contributed by atoms with van der Waals surface area (Å²) in [6.07, 6.45) is 0. The molecule has 2 nitrogen and oxygen atoms in total. The second kappa shape index (κ2) is 11.1. The summed E-state index contributed by atoms with van der Waals surface area (Å²) >= 11 is 0. The molecule has 0 saturated carbocycles. The van der Waals surface area contributed by atoms with Crippen LogP contribution in [0.5, 0.6) is 0 Å². The number of hydrogen-bond acceptors (Lipinski definition) is 1. The van der Waals surface area contributed by atoms with Gasteiger partial charge in [-0.1, -0.05) is 121 Å². The number of para-hydroxylation sites is 3. The quantitative estimate of drug-likeness (QED) is 0.213. The molecule has 0 spiro atoms. The Hall–Kier alpha value is -5.86. The summed E-state index contributed by atoms with van der Waals surface area (Å²) in [4.78, 5) is 0. The molecule has 0 aliphatic carbocycles. The molecule has 1 N–H and O–H groups in total. The number of nitrogens with zero attached hydrogens (tertiary/aromatic N) is 1. The first-order valence-electron chi connectivity index (χ1n) is 15.0. The van der Waals surface area contributed by atoms with Crippen molar-refractivity contribution in [2.45, 2.75) is 0 Å². The zero-order valence-corrected chi connectivity index (χ0v) is 24.2. The van der Waals surface area contributed by atoms with Gasteiger partial charge in [-0.15, -0.1) is 0 Å². The lowest BCUT2D eigenvalue weighted by Gasteiger charge is -2.09. The summed E-state index contributed by atoms with van der Waals surface area (Å²) in [7, 11) is 0. The Morgan fingerprint density at radius 2 is 0.750 bits per heavy atom. The molecule has 0 radical (unpaired) electrons. The molecule has 0 amide bonds. The molecule has 44 heavy (non-hydrogen) atoms. The van der Waals surface area contributed by atoms with Crippen molar-refractivity contribution in [2.75, 3.05) is 5.32 Å². The Morgan fingerprint density at radius 3 is 1.36 bits per heavy atom. The van der Waals surface area contributed by atoms with E-state index in [0.29, 0.717) is 0 Å². The topological polar surface area (TPSA) is 17.0 Å². The van der Waals surface area contributed by atoms with Gasteiger partial charge in [0.05, 0.1) is 11.0 Å². The van der Waals surface area contributed by atoms with Gasteiger partial charge in [0.1, 0.15) is 0 Å². The van der Waals surface area contributed by atoms with Crippen LogP contribution in [0.2, 0.25) is 0 Å². The molecular formula is C42H30N2. The Bertz CT molecular complexity index is 2190. The molecule has 7 aromatic carbocycles. The number of benzene rings is 7. The zero-order valence-electron chi connectivity index (χ0n) is 24.2. The summed E-state index contributed by atoms with van der Waals surface area (Å²) in [6, 6.07) is 62.7. The molecule has 2 heteroatoms. The van der Waals surface area contributed by atoms with Crippen molar-refractivity contribution in [1.29, 1.82) is 0 Å². The Labute approximate surface area is 257 Å². The molecule has 208 valence electrons. The van der Waals surface area contributed by atoms with Crippen molar-refractivity contribution in [3.63, 3.8) is 0 Å². The van der Waals surface area contributed by atoms with Gasteiger partial charge in [0, 0.05) is 27.8 Å². The van der Waals surface area contributed by atoms with Crippen LogP contribution in [0.15, 0.2) is 176 Å². The normalized spacial score (nSPS) is 11.2. The van der Waals surface area contributed by atoms with E-state index in [2.05, 4.69) is 168 Å². The molecule has 1 aromatic heterocycles. The van der Waals surface area contributed by atoms with Crippen LogP contribution in [0.4, 0.5) is 11.4 Å². The van der Waals surface area contributed by atoms with Crippen LogP contribution in [0, 0.1) is 0 Å². The molecule has 0 fully saturated rings. The molecule has 1 heterocycles. The molecule has 0 aliphatic heterocycles. The van der Waals surface area contributed by atoms with Gasteiger partial charge >= 0.3 is 0 Å². The highest BCUT2D eigenvalue weighted by atomic mass is 15.0. The number of aromatic nitrogens is 1. The third-order valence-electron chi connectivity index (χ3n) is 8.40. The maximum atomic E-state index is 3.45. The second-order valence-electron chi connectivity index (χ2n) is 11.1. The van der Waals surface area contributed by atoms with E-state index in [1.54, 1.807) is 0 Å². The highest BCUT2D eigenvalue weighted by Gasteiger charge is 2.13. The first-order valence-corrected chi connectivity index (χ1v) is 15.0. The minimum absolute atomic E-state index is 1.08. The molecule has 0 atom stereocenters. The lowest BCUT2D eigenvalue weighted by atomic mass is 9.97. The molecule has 0 bridgehead atoms. The van der Waals surface area contributed by atoms with E-state index in [4.69, 9.17) is 0 Å². The van der Waals surface area contributed by atoms with Crippen LogP contribution in [-0.4, -0.2) is 4.57 Å². The molecular weight excluding hydrogens is 532 g/mol. The molecule has 0 aliphatic rings. The molecule has 8 rings (SSSR count). The summed E-state index contributed by atoms with van der Waals surface area (Å²) in [6.45, 7) is 0. The van der Waals surface area contributed by atoms with Gasteiger partial charge in [-0.05, 0) is 88.0 Å². The third kappa shape index (κ3) is 4.83. The molecule has 0 saturated heterocycles. The number of fused-ring (bicyclic) bond motifs is 3. The van der Waals surface area contributed by atoms with E-state index in [0.717, 1.165) is 11.4 Å². The summed E-state index contributed by atoms with van der Waals surface area (Å²) < 4.78 is 2.36. The van der Waals surface area contributed by atoms with Crippen molar-refractivity contribution < 1.29 is 0 Å². The largest absolute Gasteiger partial charge is 0.356 e. The molecule has 0 unspecified atom stereocenters. The predicted octanol–water partition coefficient (Wildman–Crippen LogP) is 11.5. The van der Waals surface area contributed by atoms with Gasteiger partial charge in [0.2, 0.25) is 0 Å². The third-order valence-corrected chi connectivity index (χ3v) is 8.40. The lowest BCUT2D eigenvalue weighted by molar-refractivity contribution is 1.18. The fourth-order valence-corrected chi connectivity index (χ4v) is 6.15. The number of rotatable bonds is 6. The average Bonchev–Trinajstić information content (AvgIpc) is 3.43. The van der Waals surface area contributed by atoms with E-state index in [-0.39, 0.29) is 0 Å². The van der Waals surface area contributed by atoms with Gasteiger partial charge in [0.15, 0.2) is 0 Å². The maximum absolute atomic E-state index is 3.45. The van der Waals surface area contributed by atoms with Gasteiger partial charge in [-0.25, -0.2) is 0 Å². The fraction of sp³-hybridized carbons (Fsp3) is 0. The standard InChI is InChI=1S/C42H30N2/c1-3-9-36(10-4-1)43-37-26-23-33(24-27-37)32-17-15-30(16-18-32)31-19-21-34(22-20-31)35-25-28-42-40(29-35)39-13-7-8-14-41(39)44(42)38-11-5-2-6-12-38/h1-29,43H. The molecule has 8 aromatic rings. The van der Waals surface area contributed by atoms with E-state index in [9.17, 15) is 0 Å². The average molecular weight is 563 g/mol. The van der Waals surface area contributed by atoms with Crippen LogP contribution < -0.4 is 5.32 Å². The van der Waals surface area contributed by atoms with Crippen molar-refractivity contribution >= 4 is 33.2 Å². The smallest absolute Gasteiger partial charge is 0.0541 e. The summed E-state index contributed by atoms with van der Waals surface area (Å²) in [5.41, 5.74) is 13.1. The lowest BCUT2D eigenvalue weighted by Crippen LogP contribution is -1.92. The second-order valence-corrected chi connectivity index (χ2v) is 11.1. The van der Waals surface area contributed by atoms with Gasteiger partial charge in [-0.3, -0.25) is 0 Å². The van der Waals surface area contributed by atoms with Gasteiger partial charge < -0.3 is 9.88 Å². The van der Waals surface area contributed by atoms with E-state index >= 15 is 0 Å². The van der Waals surface area contributed by atoms with Crippen molar-refractivity contribution in [2.24, 2.45) is 0 Å². The Balaban J connectivity index is 1.04. The number of nitrogens with one attached hydrogen (secondary N) is 1. The SMILES string of the molecule is c1ccc(Nc2ccc(-c3ccc(-c4ccc(-c5ccc6c(c5)c5ccccc5n6-c5ccccc5)cc4)cc3)cc2)cc1. The van der Waals surface area contributed by atoms with E-state index in [1.165, 1.54) is 60.9 Å². The van der Waals surface area contributed by atoms with Crippen molar-refractivity contribution in [3.8, 4) is 39.1 Å². The van der Waals surface area contributed by atoms with Crippen LogP contribution >= 0.6 is 0 Å². The number of anilines is 2. The fourth-order valence-electron chi connectivity index (χ4n) is 6.15. The minimum Gasteiger partial charge on any atom is -0.356 e. The zero-order chi connectivity index (χ0) is 29.3. The Morgan fingerprint density at radius 1 is 0.318 bits per heavy atom. The van der Waals surface area contributed by atoms with E-state index < -0.39 is 0 Å². The summed E-state index contributed by atoms with van der Waals surface area (Å²) in [5.74, 6) is 0. The highest BCUT2D eigenvalue weighted by Crippen LogP contribution is 2.35. The predicted molar refractivity (Wildman–Crippen MR) is 187 cm³/mol. The first-order chi connectivity index (χ1) is 21.8. The Kier molecular flexibility index (Phi) is 6.51. The van der Waals surface area contributed by atoms with Crippen LogP contribution in [0.3, 0.4) is 0 Å². The van der Waals surface area contributed by atoms with Gasteiger partial charge in [0.25, 0.3) is 0 Å². The minimum atomic E-state index is 1.08. The van der Waals surface area contributed by atoms with E-state index in [1.807, 2.05) is 18.2 Å². The van der Waals surface area contributed by atoms with Crippen LogP contribution in [0.25, 0.3) is 60.9 Å². The monoisotopic (exact) mass is 562 g/mol. The van der Waals surface area contributed by atoms with Crippen LogP contribution in [-0.2, 0) is 0 Å². The first kappa shape index (κ1) is 25.8.